The van der Waals surface area contributed by atoms with Crippen LogP contribution in [0.25, 0.3) is 10.9 Å². The molecule has 0 aliphatic carbocycles. The van der Waals surface area contributed by atoms with Crippen LogP contribution in [0.5, 0.6) is 0 Å². The lowest BCUT2D eigenvalue weighted by Crippen LogP contribution is -2.44. The number of nitrogens with zero attached hydrogens (tertiary/aromatic N) is 2. The van der Waals surface area contributed by atoms with Gasteiger partial charge in [0.15, 0.2) is 0 Å². The molecule has 0 unspecified atom stereocenters. The van der Waals surface area contributed by atoms with E-state index in [0.29, 0.717) is 18.4 Å². The summed E-state index contributed by atoms with van der Waals surface area (Å²) in [5.74, 6) is -1.14. The molecule has 8 heteroatoms. The molecule has 2 aliphatic heterocycles. The first-order valence-corrected chi connectivity index (χ1v) is 14.4. The Bertz CT molecular complexity index is 1900. The normalized spacial score (nSPS) is 17.7. The first-order chi connectivity index (χ1) is 20.9. The van der Waals surface area contributed by atoms with Crippen LogP contribution in [-0.2, 0) is 17.6 Å². The van der Waals surface area contributed by atoms with Gasteiger partial charge in [-0.3, -0.25) is 14.5 Å². The highest BCUT2D eigenvalue weighted by atomic mass is 19.1. The molecule has 2 atom stereocenters. The second-order valence-electron chi connectivity index (χ2n) is 11.1. The molecule has 4 aromatic carbocycles. The Balaban J connectivity index is 1.24. The van der Waals surface area contributed by atoms with Gasteiger partial charge in [0, 0.05) is 29.6 Å². The fourth-order valence-electron chi connectivity index (χ4n) is 6.36. The van der Waals surface area contributed by atoms with Crippen molar-refractivity contribution in [1.29, 1.82) is 0 Å². The van der Waals surface area contributed by atoms with Crippen LogP contribution in [0, 0.1) is 12.7 Å². The maximum Gasteiger partial charge on any atom is 0.332 e. The summed E-state index contributed by atoms with van der Waals surface area (Å²) in [7, 11) is 0. The molecule has 7 rings (SSSR count). The van der Waals surface area contributed by atoms with Crippen molar-refractivity contribution in [3.05, 3.63) is 136 Å². The molecule has 43 heavy (non-hydrogen) atoms. The quantitative estimate of drug-likeness (QED) is 0.242. The lowest BCUT2D eigenvalue weighted by atomic mass is 9.88. The first-order valence-electron chi connectivity index (χ1n) is 14.4. The molecule has 1 fully saturated rings. The summed E-state index contributed by atoms with van der Waals surface area (Å²) >= 11 is 0. The van der Waals surface area contributed by atoms with E-state index < -0.39 is 24.0 Å². The average molecular weight is 573 g/mol. The number of aromatic amines is 1. The average Bonchev–Trinajstić information content (AvgIpc) is 3.51. The number of hydrogen-bond donors (Lipinski definition) is 2. The van der Waals surface area contributed by atoms with Crippen molar-refractivity contribution in [2.45, 2.75) is 31.8 Å². The molecule has 1 saturated heterocycles. The summed E-state index contributed by atoms with van der Waals surface area (Å²) in [5.41, 5.74) is 5.78. The summed E-state index contributed by atoms with van der Waals surface area (Å²) in [6.07, 6.45) is 0.668. The minimum atomic E-state index is -0.734. The van der Waals surface area contributed by atoms with Crippen molar-refractivity contribution in [1.82, 2.24) is 15.2 Å². The smallest absolute Gasteiger partial charge is 0.332 e. The molecule has 0 saturated carbocycles. The Morgan fingerprint density at radius 3 is 2.47 bits per heavy atom. The van der Waals surface area contributed by atoms with E-state index >= 15 is 0 Å². The Morgan fingerprint density at radius 1 is 0.930 bits per heavy atom. The van der Waals surface area contributed by atoms with Gasteiger partial charge in [0.2, 0.25) is 0 Å². The van der Waals surface area contributed by atoms with Gasteiger partial charge in [-0.15, -0.1) is 0 Å². The van der Waals surface area contributed by atoms with Crippen LogP contribution in [0.3, 0.4) is 0 Å². The van der Waals surface area contributed by atoms with Gasteiger partial charge in [0.1, 0.15) is 17.9 Å². The molecule has 3 heterocycles. The van der Waals surface area contributed by atoms with Crippen molar-refractivity contribution in [2.24, 2.45) is 0 Å². The standard InChI is InChI=1S/C35H29FN4O3/c1-21-14-16-23(17-15-21)32-31-26(24-9-3-6-12-28(24)38-31)20-30-34(42)40(35(43)39(30)32)29-13-7-4-10-25(29)33(41)37-19-18-22-8-2-5-11-27(22)36/h2-17,30,32,38H,18-20H2,1H3,(H,37,41)/t30-,32-/m0/s1. The molecule has 7 nitrogen and oxygen atoms in total. The van der Waals surface area contributed by atoms with Gasteiger partial charge < -0.3 is 10.3 Å². The number of H-pyrrole nitrogens is 1. The molecule has 4 amide bonds. The number of para-hydroxylation sites is 2. The molecular weight excluding hydrogens is 543 g/mol. The molecule has 214 valence electrons. The van der Waals surface area contributed by atoms with E-state index in [1.54, 1.807) is 47.4 Å². The number of carbonyl (C=O) groups excluding carboxylic acids is 3. The van der Waals surface area contributed by atoms with Crippen LogP contribution in [0.4, 0.5) is 14.9 Å². The van der Waals surface area contributed by atoms with Crippen molar-refractivity contribution in [3.63, 3.8) is 0 Å². The number of nitrogens with one attached hydrogen (secondary N) is 2. The summed E-state index contributed by atoms with van der Waals surface area (Å²) in [5, 5.41) is 3.86. The zero-order valence-corrected chi connectivity index (χ0v) is 23.5. The van der Waals surface area contributed by atoms with E-state index in [0.717, 1.165) is 38.2 Å². The van der Waals surface area contributed by atoms with Gasteiger partial charge in [-0.25, -0.2) is 14.1 Å². The fraction of sp³-hybridized carbons (Fsp3) is 0.171. The summed E-state index contributed by atoms with van der Waals surface area (Å²) in [6.45, 7) is 2.20. The van der Waals surface area contributed by atoms with E-state index in [1.165, 1.54) is 6.07 Å². The SMILES string of the molecule is Cc1ccc([C@H]2c3[nH]c4ccccc4c3C[C@H]3C(=O)N(c4ccccc4C(=O)NCCc4ccccc4F)C(=O)N23)cc1. The molecular formula is C35H29FN4O3. The molecule has 2 aliphatic rings. The minimum Gasteiger partial charge on any atom is -0.356 e. The molecule has 1 aromatic heterocycles. The number of urea groups is 1. The maximum atomic E-state index is 14.3. The maximum absolute atomic E-state index is 14.3. The van der Waals surface area contributed by atoms with Crippen molar-refractivity contribution in [3.8, 4) is 0 Å². The number of hydrogen-bond acceptors (Lipinski definition) is 3. The van der Waals surface area contributed by atoms with Crippen LogP contribution in [-0.4, -0.2) is 40.3 Å². The second-order valence-corrected chi connectivity index (χ2v) is 11.1. The zero-order valence-electron chi connectivity index (χ0n) is 23.5. The topological polar surface area (TPSA) is 85.5 Å². The Kier molecular flexibility index (Phi) is 6.54. The largest absolute Gasteiger partial charge is 0.356 e. The number of amides is 4. The predicted octanol–water partition coefficient (Wildman–Crippen LogP) is 6.07. The number of imide groups is 1. The van der Waals surface area contributed by atoms with Crippen LogP contribution >= 0.6 is 0 Å². The second kappa shape index (κ2) is 10.5. The molecule has 0 spiro atoms. The lowest BCUT2D eigenvalue weighted by molar-refractivity contribution is -0.120. The zero-order chi connectivity index (χ0) is 29.7. The van der Waals surface area contributed by atoms with Crippen LogP contribution in [0.2, 0.25) is 0 Å². The summed E-state index contributed by atoms with van der Waals surface area (Å²) < 4.78 is 14.1. The van der Waals surface area contributed by atoms with Crippen LogP contribution in [0.15, 0.2) is 97.1 Å². The monoisotopic (exact) mass is 572 g/mol. The van der Waals surface area contributed by atoms with E-state index in [4.69, 9.17) is 0 Å². The number of carbonyl (C=O) groups is 3. The van der Waals surface area contributed by atoms with E-state index in [1.807, 2.05) is 55.5 Å². The van der Waals surface area contributed by atoms with E-state index in [2.05, 4.69) is 10.3 Å². The number of halogens is 1. The number of fused-ring (bicyclic) bond motifs is 4. The van der Waals surface area contributed by atoms with E-state index in [9.17, 15) is 18.8 Å². The van der Waals surface area contributed by atoms with E-state index in [-0.39, 0.29) is 29.5 Å². The summed E-state index contributed by atoms with van der Waals surface area (Å²) in [6, 6.07) is 27.3. The first kappa shape index (κ1) is 26.6. The van der Waals surface area contributed by atoms with Gasteiger partial charge >= 0.3 is 6.03 Å². The number of anilines is 1. The fourth-order valence-corrected chi connectivity index (χ4v) is 6.36. The molecule has 0 radical (unpaired) electrons. The van der Waals surface area contributed by atoms with Gasteiger partial charge in [-0.1, -0.05) is 78.4 Å². The third kappa shape index (κ3) is 4.46. The van der Waals surface area contributed by atoms with Crippen molar-refractivity contribution < 1.29 is 18.8 Å². The highest BCUT2D eigenvalue weighted by Crippen LogP contribution is 2.45. The highest BCUT2D eigenvalue weighted by molar-refractivity contribution is 6.24. The lowest BCUT2D eigenvalue weighted by Gasteiger charge is -2.36. The predicted molar refractivity (Wildman–Crippen MR) is 162 cm³/mol. The minimum absolute atomic E-state index is 0.196. The Hall–Kier alpha value is -5.24. The third-order valence-electron chi connectivity index (χ3n) is 8.47. The Morgan fingerprint density at radius 2 is 1.65 bits per heavy atom. The van der Waals surface area contributed by atoms with Crippen molar-refractivity contribution in [2.75, 3.05) is 11.4 Å². The highest BCUT2D eigenvalue weighted by Gasteiger charge is 2.53. The van der Waals surface area contributed by atoms with Gasteiger partial charge in [0.25, 0.3) is 11.8 Å². The molecule has 2 N–H and O–H groups in total. The number of benzene rings is 4. The molecule has 0 bridgehead atoms. The number of aromatic nitrogens is 1. The number of aryl methyl sites for hydroxylation is 1. The summed E-state index contributed by atoms with van der Waals surface area (Å²) in [4.78, 5) is 48.1. The van der Waals surface area contributed by atoms with Gasteiger partial charge in [-0.05, 0) is 54.3 Å². The van der Waals surface area contributed by atoms with Gasteiger partial charge in [0.05, 0.1) is 11.3 Å². The third-order valence-corrected chi connectivity index (χ3v) is 8.47. The van der Waals surface area contributed by atoms with Crippen molar-refractivity contribution >= 4 is 34.4 Å². The number of rotatable bonds is 6. The van der Waals surface area contributed by atoms with Gasteiger partial charge in [-0.2, -0.15) is 0 Å². The Labute approximate surface area is 247 Å². The van der Waals surface area contributed by atoms with Crippen LogP contribution in [0.1, 0.15) is 44.3 Å². The van der Waals surface area contributed by atoms with Crippen LogP contribution < -0.4 is 10.2 Å². The molecule has 5 aromatic rings.